The quantitative estimate of drug-likeness (QED) is 0.180. The number of carboxylic acids is 1. The predicted octanol–water partition coefficient (Wildman–Crippen LogP) is 3.06. The van der Waals surface area contributed by atoms with E-state index in [4.69, 9.17) is 10.4 Å². The number of nitriles is 1. The van der Waals surface area contributed by atoms with Crippen molar-refractivity contribution in [2.45, 2.75) is 51.5 Å². The summed E-state index contributed by atoms with van der Waals surface area (Å²) in [6.45, 7) is 4.05. The van der Waals surface area contributed by atoms with Gasteiger partial charge in [0.05, 0.1) is 30.3 Å². The van der Waals surface area contributed by atoms with E-state index >= 15 is 0 Å². The van der Waals surface area contributed by atoms with Crippen LogP contribution in [0.3, 0.4) is 0 Å². The fourth-order valence-electron chi connectivity index (χ4n) is 5.13. The van der Waals surface area contributed by atoms with Gasteiger partial charge in [0.15, 0.2) is 0 Å². The number of carbonyl (C=O) groups is 2. The molecular formula is C35H35FN3NaO5. The van der Waals surface area contributed by atoms with E-state index in [1.807, 2.05) is 48.7 Å². The van der Waals surface area contributed by atoms with Crippen LogP contribution in [0, 0.1) is 17.1 Å². The first-order valence-corrected chi connectivity index (χ1v) is 14.2. The minimum absolute atomic E-state index is 0. The molecule has 0 aliphatic rings. The van der Waals surface area contributed by atoms with E-state index in [0.717, 1.165) is 11.1 Å². The van der Waals surface area contributed by atoms with Crippen LogP contribution in [-0.4, -0.2) is 44.0 Å². The van der Waals surface area contributed by atoms with Crippen molar-refractivity contribution in [2.75, 3.05) is 0 Å². The number of halogens is 1. The van der Waals surface area contributed by atoms with Crippen LogP contribution in [0.2, 0.25) is 0 Å². The van der Waals surface area contributed by atoms with Gasteiger partial charge in [0.1, 0.15) is 11.5 Å². The number of aromatic nitrogens is 1. The van der Waals surface area contributed by atoms with Crippen LogP contribution in [0.1, 0.15) is 61.5 Å². The number of aliphatic carboxylic acids is 1. The monoisotopic (exact) mass is 619 g/mol. The number of rotatable bonds is 12. The SMILES string of the molecule is CC(C)n1c(C=C[C@@H](O)C[C@@H](O)CC(=O)O)c(-c2ccc(F)cc2)c(-c2ccccc2)c1C(=O)NCc1ccc(C#N)cc1.[H-].[Na+]. The predicted molar refractivity (Wildman–Crippen MR) is 167 cm³/mol. The summed E-state index contributed by atoms with van der Waals surface area (Å²) in [5, 5.41) is 41.8. The third-order valence-electron chi connectivity index (χ3n) is 7.11. The van der Waals surface area contributed by atoms with E-state index in [1.165, 1.54) is 18.2 Å². The number of aliphatic hydroxyl groups excluding tert-OH is 2. The number of carboxylic acid groups (broad SMARTS) is 1. The molecular weight excluding hydrogens is 584 g/mol. The van der Waals surface area contributed by atoms with Gasteiger partial charge >= 0.3 is 35.5 Å². The van der Waals surface area contributed by atoms with Crippen LogP contribution in [0.4, 0.5) is 4.39 Å². The number of hydrogen-bond donors (Lipinski definition) is 4. The van der Waals surface area contributed by atoms with Gasteiger partial charge in [0.2, 0.25) is 0 Å². The van der Waals surface area contributed by atoms with Gasteiger partial charge in [0, 0.05) is 35.8 Å². The minimum Gasteiger partial charge on any atom is -1.00 e. The fourth-order valence-corrected chi connectivity index (χ4v) is 5.13. The Bertz CT molecular complexity index is 1680. The zero-order valence-corrected chi connectivity index (χ0v) is 27.4. The van der Waals surface area contributed by atoms with Crippen LogP contribution < -0.4 is 34.9 Å². The first-order chi connectivity index (χ1) is 21.1. The zero-order chi connectivity index (χ0) is 31.8. The van der Waals surface area contributed by atoms with Gasteiger partial charge in [-0.2, -0.15) is 5.26 Å². The molecule has 3 aromatic carbocycles. The molecule has 1 aromatic heterocycles. The van der Waals surface area contributed by atoms with Crippen LogP contribution >= 0.6 is 0 Å². The van der Waals surface area contributed by atoms with Crippen LogP contribution in [0.15, 0.2) is 84.9 Å². The second-order valence-corrected chi connectivity index (χ2v) is 10.7. The van der Waals surface area contributed by atoms with Crippen molar-refractivity contribution in [3.05, 3.63) is 113 Å². The molecule has 2 atom stereocenters. The van der Waals surface area contributed by atoms with E-state index < -0.39 is 30.4 Å². The molecule has 8 nitrogen and oxygen atoms in total. The molecule has 0 saturated carbocycles. The van der Waals surface area contributed by atoms with Crippen molar-refractivity contribution in [3.63, 3.8) is 0 Å². The Hall–Kier alpha value is -4.04. The molecule has 0 unspecified atom stereocenters. The summed E-state index contributed by atoms with van der Waals surface area (Å²) >= 11 is 0. The van der Waals surface area contributed by atoms with Gasteiger partial charge < -0.3 is 26.6 Å². The molecule has 4 rings (SSSR count). The molecule has 0 radical (unpaired) electrons. The van der Waals surface area contributed by atoms with Crippen molar-refractivity contribution < 1.29 is 60.3 Å². The van der Waals surface area contributed by atoms with Gasteiger partial charge in [-0.05, 0) is 60.9 Å². The Morgan fingerprint density at radius 1 is 0.978 bits per heavy atom. The van der Waals surface area contributed by atoms with Crippen molar-refractivity contribution in [2.24, 2.45) is 0 Å². The molecule has 10 heteroatoms. The molecule has 0 saturated heterocycles. The van der Waals surface area contributed by atoms with Gasteiger partial charge in [-0.15, -0.1) is 0 Å². The molecule has 0 aliphatic carbocycles. The Morgan fingerprint density at radius 3 is 2.18 bits per heavy atom. The number of benzene rings is 3. The van der Waals surface area contributed by atoms with Crippen LogP contribution in [-0.2, 0) is 11.3 Å². The van der Waals surface area contributed by atoms with E-state index in [2.05, 4.69) is 11.4 Å². The molecule has 1 amide bonds. The number of nitrogens with one attached hydrogen (secondary N) is 1. The molecule has 4 aromatic rings. The van der Waals surface area contributed by atoms with Gasteiger partial charge in [-0.25, -0.2) is 4.39 Å². The maximum Gasteiger partial charge on any atom is 1.00 e. The molecule has 0 aliphatic heterocycles. The average molecular weight is 620 g/mol. The summed E-state index contributed by atoms with van der Waals surface area (Å²) in [7, 11) is 0. The molecule has 0 bridgehead atoms. The summed E-state index contributed by atoms with van der Waals surface area (Å²) in [5.74, 6) is -1.95. The standard InChI is InChI=1S/C35H34FN3O5.Na.H/c1-22(2)39-30(17-16-28(40)18-29(41)19-31(42)43)32(26-12-14-27(36)15-13-26)33(25-6-4-3-5-7-25)34(39)35(44)38-21-24-10-8-23(20-37)9-11-24;;/h3-17,22,28-29,40-41H,18-19,21H2,1-2H3,(H,38,44)(H,42,43);;/q;+1;-1/t28-,29-;;/m1../s1. The van der Waals surface area contributed by atoms with Crippen LogP contribution in [0.25, 0.3) is 28.3 Å². The number of hydrogen-bond acceptors (Lipinski definition) is 5. The summed E-state index contributed by atoms with van der Waals surface area (Å²) < 4.78 is 15.9. The first-order valence-electron chi connectivity index (χ1n) is 14.2. The largest absolute Gasteiger partial charge is 1.00 e. The Labute approximate surface area is 285 Å². The summed E-state index contributed by atoms with van der Waals surface area (Å²) in [6.07, 6.45) is -0.00452. The number of aliphatic hydroxyl groups is 2. The number of nitrogens with zero attached hydrogens (tertiary/aromatic N) is 2. The molecule has 0 spiro atoms. The second kappa shape index (κ2) is 16.3. The van der Waals surface area contributed by atoms with E-state index in [-0.39, 0.29) is 55.9 Å². The number of amides is 1. The molecule has 0 fully saturated rings. The molecule has 45 heavy (non-hydrogen) atoms. The maximum atomic E-state index is 14.1. The minimum atomic E-state index is -1.25. The van der Waals surface area contributed by atoms with Crippen molar-refractivity contribution >= 4 is 18.0 Å². The summed E-state index contributed by atoms with van der Waals surface area (Å²) in [4.78, 5) is 25.1. The Morgan fingerprint density at radius 2 is 1.60 bits per heavy atom. The van der Waals surface area contributed by atoms with E-state index in [9.17, 15) is 24.2 Å². The Kier molecular flexibility index (Phi) is 12.9. The summed E-state index contributed by atoms with van der Waals surface area (Å²) in [6, 6.07) is 24.0. The number of carbonyl (C=O) groups excluding carboxylic acids is 1. The van der Waals surface area contributed by atoms with E-state index in [0.29, 0.717) is 33.6 Å². The Balaban J connectivity index is 0.00000368. The maximum absolute atomic E-state index is 14.1. The third kappa shape index (κ3) is 9.01. The van der Waals surface area contributed by atoms with Gasteiger partial charge in [-0.3, -0.25) is 9.59 Å². The van der Waals surface area contributed by atoms with Crippen molar-refractivity contribution in [3.8, 4) is 28.3 Å². The van der Waals surface area contributed by atoms with Crippen LogP contribution in [0.5, 0.6) is 0 Å². The smallest absolute Gasteiger partial charge is 1.00 e. The van der Waals surface area contributed by atoms with E-state index in [1.54, 1.807) is 42.5 Å². The van der Waals surface area contributed by atoms with Crippen molar-refractivity contribution in [1.82, 2.24) is 9.88 Å². The molecule has 1 heterocycles. The average Bonchev–Trinajstić information content (AvgIpc) is 3.35. The third-order valence-corrected chi connectivity index (χ3v) is 7.11. The topological polar surface area (TPSA) is 136 Å². The molecule has 4 N–H and O–H groups in total. The first kappa shape index (κ1) is 35.4. The zero-order valence-electron chi connectivity index (χ0n) is 26.4. The van der Waals surface area contributed by atoms with Gasteiger partial charge in [-0.1, -0.05) is 60.7 Å². The summed E-state index contributed by atoms with van der Waals surface area (Å²) in [5.41, 5.74) is 4.90. The fraction of sp³-hybridized carbons (Fsp3) is 0.229. The molecule has 228 valence electrons. The second-order valence-electron chi connectivity index (χ2n) is 10.7. The normalized spacial score (nSPS) is 12.4. The van der Waals surface area contributed by atoms with Crippen molar-refractivity contribution in [1.29, 1.82) is 5.26 Å². The van der Waals surface area contributed by atoms with Gasteiger partial charge in [0.25, 0.3) is 5.91 Å².